The van der Waals surface area contributed by atoms with Crippen LogP contribution in [0.5, 0.6) is 0 Å². The largest absolute Gasteiger partial charge is 0.399 e. The van der Waals surface area contributed by atoms with E-state index < -0.39 is 39.8 Å². The number of benzene rings is 1. The van der Waals surface area contributed by atoms with E-state index in [0.29, 0.717) is 6.07 Å². The molecule has 102 valence electrons. The zero-order valence-electron chi connectivity index (χ0n) is 8.98. The standard InChI is InChI=1S/C9H11F3N2O3S/c10-5-1-6(13)3-7(2-5)18(16,17)14-4-8(15)9(11)12/h1-3,8-9,14-15H,4,13H2. The maximum atomic E-state index is 12.9. The average Bonchev–Trinajstić information content (AvgIpc) is 2.24. The van der Waals surface area contributed by atoms with Gasteiger partial charge in [0.2, 0.25) is 10.0 Å². The average molecular weight is 284 g/mol. The minimum atomic E-state index is -4.20. The topological polar surface area (TPSA) is 92.4 Å². The molecule has 5 nitrogen and oxygen atoms in total. The van der Waals surface area contributed by atoms with Crippen molar-refractivity contribution in [3.8, 4) is 0 Å². The third-order valence-corrected chi connectivity index (χ3v) is 3.38. The summed E-state index contributed by atoms with van der Waals surface area (Å²) in [6.07, 6.45) is -5.21. The van der Waals surface area contributed by atoms with E-state index in [1.165, 1.54) is 0 Å². The molecule has 0 fully saturated rings. The first-order valence-corrected chi connectivity index (χ1v) is 6.22. The minimum absolute atomic E-state index is 0.121. The lowest BCUT2D eigenvalue weighted by Gasteiger charge is -2.11. The highest BCUT2D eigenvalue weighted by molar-refractivity contribution is 7.89. The third-order valence-electron chi connectivity index (χ3n) is 1.98. The molecule has 0 saturated heterocycles. The van der Waals surface area contributed by atoms with E-state index in [2.05, 4.69) is 0 Å². The molecule has 1 aromatic rings. The van der Waals surface area contributed by atoms with Gasteiger partial charge in [0.25, 0.3) is 6.43 Å². The Balaban J connectivity index is 2.86. The van der Waals surface area contributed by atoms with Crippen molar-refractivity contribution in [1.82, 2.24) is 4.72 Å². The van der Waals surface area contributed by atoms with Gasteiger partial charge in [-0.1, -0.05) is 0 Å². The van der Waals surface area contributed by atoms with Crippen LogP contribution in [0.25, 0.3) is 0 Å². The van der Waals surface area contributed by atoms with Gasteiger partial charge in [-0.15, -0.1) is 0 Å². The Bertz CT molecular complexity index is 502. The quantitative estimate of drug-likeness (QED) is 0.679. The smallest absolute Gasteiger partial charge is 0.265 e. The van der Waals surface area contributed by atoms with E-state index in [1.807, 2.05) is 0 Å². The van der Waals surface area contributed by atoms with Gasteiger partial charge in [0.1, 0.15) is 11.9 Å². The first kappa shape index (κ1) is 14.7. The van der Waals surface area contributed by atoms with Crippen LogP contribution >= 0.6 is 0 Å². The fourth-order valence-electron chi connectivity index (χ4n) is 1.11. The molecule has 0 aliphatic carbocycles. The molecule has 1 aromatic carbocycles. The minimum Gasteiger partial charge on any atom is -0.399 e. The summed E-state index contributed by atoms with van der Waals surface area (Å²) in [5.41, 5.74) is 5.14. The first-order valence-electron chi connectivity index (χ1n) is 4.74. The van der Waals surface area contributed by atoms with E-state index in [1.54, 1.807) is 4.72 Å². The lowest BCUT2D eigenvalue weighted by molar-refractivity contribution is -0.000452. The van der Waals surface area contributed by atoms with Crippen LogP contribution in [0.4, 0.5) is 18.9 Å². The maximum absolute atomic E-state index is 12.9. The number of halogens is 3. The molecule has 1 unspecified atom stereocenters. The van der Waals surface area contributed by atoms with Gasteiger partial charge >= 0.3 is 0 Å². The highest BCUT2D eigenvalue weighted by atomic mass is 32.2. The summed E-state index contributed by atoms with van der Waals surface area (Å²) in [6.45, 7) is -0.879. The van der Waals surface area contributed by atoms with Gasteiger partial charge in [0.05, 0.1) is 4.90 Å². The van der Waals surface area contributed by atoms with Crippen molar-refractivity contribution in [1.29, 1.82) is 0 Å². The van der Waals surface area contributed by atoms with Gasteiger partial charge in [-0.3, -0.25) is 0 Å². The Morgan fingerprint density at radius 2 is 1.94 bits per heavy atom. The van der Waals surface area contributed by atoms with E-state index in [0.717, 1.165) is 12.1 Å². The molecule has 0 saturated carbocycles. The molecular formula is C9H11F3N2O3S. The monoisotopic (exact) mass is 284 g/mol. The summed E-state index contributed by atoms with van der Waals surface area (Å²) in [5.74, 6) is -0.871. The number of hydrogen-bond donors (Lipinski definition) is 3. The number of hydrogen-bond acceptors (Lipinski definition) is 4. The number of sulfonamides is 1. The fourth-order valence-corrected chi connectivity index (χ4v) is 2.22. The Labute approximate surface area is 101 Å². The van der Waals surface area contributed by atoms with Gasteiger partial charge in [-0.05, 0) is 18.2 Å². The van der Waals surface area contributed by atoms with Crippen LogP contribution in [0.15, 0.2) is 23.1 Å². The number of nitrogen functional groups attached to an aromatic ring is 1. The molecule has 0 heterocycles. The van der Waals surface area contributed by atoms with E-state index in [4.69, 9.17) is 10.8 Å². The van der Waals surface area contributed by atoms with E-state index >= 15 is 0 Å². The first-order chi connectivity index (χ1) is 8.22. The van der Waals surface area contributed by atoms with E-state index in [9.17, 15) is 21.6 Å². The van der Waals surface area contributed by atoms with Crippen molar-refractivity contribution >= 4 is 15.7 Å². The Kier molecular flexibility index (Phi) is 4.54. The molecule has 1 rings (SSSR count). The van der Waals surface area contributed by atoms with Gasteiger partial charge in [-0.25, -0.2) is 26.3 Å². The summed E-state index contributed by atoms with van der Waals surface area (Å²) >= 11 is 0. The van der Waals surface area contributed by atoms with Gasteiger partial charge in [0, 0.05) is 12.2 Å². The van der Waals surface area contributed by atoms with Crippen molar-refractivity contribution in [3.63, 3.8) is 0 Å². The summed E-state index contributed by atoms with van der Waals surface area (Å²) in [7, 11) is -4.20. The van der Waals surface area contributed by atoms with Crippen LogP contribution in [0.3, 0.4) is 0 Å². The van der Waals surface area contributed by atoms with Crippen LogP contribution in [-0.4, -0.2) is 32.6 Å². The molecule has 0 bridgehead atoms. The van der Waals surface area contributed by atoms with Crippen molar-refractivity contribution in [2.75, 3.05) is 12.3 Å². The van der Waals surface area contributed by atoms with Gasteiger partial charge in [0.15, 0.2) is 0 Å². The summed E-state index contributed by atoms with van der Waals surface area (Å²) < 4.78 is 61.8. The molecule has 0 amide bonds. The number of aliphatic hydroxyl groups excluding tert-OH is 1. The Morgan fingerprint density at radius 1 is 1.33 bits per heavy atom. The van der Waals surface area contributed by atoms with Gasteiger partial charge in [-0.2, -0.15) is 0 Å². The summed E-state index contributed by atoms with van der Waals surface area (Å²) in [6, 6.07) is 2.57. The lowest BCUT2D eigenvalue weighted by Crippen LogP contribution is -2.35. The normalized spacial score (nSPS) is 13.8. The molecule has 0 aliphatic rings. The molecular weight excluding hydrogens is 273 g/mol. The SMILES string of the molecule is Nc1cc(F)cc(S(=O)(=O)NCC(O)C(F)F)c1. The molecule has 1 atom stereocenters. The number of rotatable bonds is 5. The predicted octanol–water partition coefficient (Wildman–Crippen LogP) is 0.312. The van der Waals surface area contributed by atoms with Gasteiger partial charge < -0.3 is 10.8 Å². The van der Waals surface area contributed by atoms with Crippen molar-refractivity contribution in [2.24, 2.45) is 0 Å². The molecule has 18 heavy (non-hydrogen) atoms. The maximum Gasteiger partial charge on any atom is 0.265 e. The van der Waals surface area contributed by atoms with Crippen LogP contribution in [-0.2, 0) is 10.0 Å². The predicted molar refractivity (Wildman–Crippen MR) is 58.0 cm³/mol. The second-order valence-electron chi connectivity index (χ2n) is 3.47. The second-order valence-corrected chi connectivity index (χ2v) is 5.24. The number of alkyl halides is 2. The van der Waals surface area contributed by atoms with Crippen LogP contribution in [0.2, 0.25) is 0 Å². The van der Waals surface area contributed by atoms with Crippen LogP contribution in [0.1, 0.15) is 0 Å². The molecule has 0 spiro atoms. The number of nitrogens with one attached hydrogen (secondary N) is 1. The summed E-state index contributed by atoms with van der Waals surface area (Å²) in [4.78, 5) is -0.499. The molecule has 4 N–H and O–H groups in total. The van der Waals surface area contributed by atoms with Crippen LogP contribution < -0.4 is 10.5 Å². The second kappa shape index (κ2) is 5.55. The van der Waals surface area contributed by atoms with Crippen LogP contribution in [0, 0.1) is 5.82 Å². The molecule has 0 aromatic heterocycles. The van der Waals surface area contributed by atoms with Crippen molar-refractivity contribution in [3.05, 3.63) is 24.0 Å². The van der Waals surface area contributed by atoms with E-state index in [-0.39, 0.29) is 5.69 Å². The Morgan fingerprint density at radius 3 is 2.44 bits per heavy atom. The third kappa shape index (κ3) is 3.86. The highest BCUT2D eigenvalue weighted by Crippen LogP contribution is 2.15. The fraction of sp³-hybridized carbons (Fsp3) is 0.333. The molecule has 0 radical (unpaired) electrons. The number of aliphatic hydroxyl groups is 1. The Hall–Kier alpha value is -1.32. The van der Waals surface area contributed by atoms with Crippen molar-refractivity contribution < 1.29 is 26.7 Å². The molecule has 9 heteroatoms. The summed E-state index contributed by atoms with van der Waals surface area (Å²) in [5, 5.41) is 8.77. The zero-order chi connectivity index (χ0) is 13.9. The number of nitrogens with two attached hydrogens (primary N) is 1. The van der Waals surface area contributed by atoms with Crippen molar-refractivity contribution in [2.45, 2.75) is 17.4 Å². The molecule has 0 aliphatic heterocycles. The lowest BCUT2D eigenvalue weighted by atomic mass is 10.3. The zero-order valence-corrected chi connectivity index (χ0v) is 9.79. The highest BCUT2D eigenvalue weighted by Gasteiger charge is 2.21. The number of anilines is 1.